The Labute approximate surface area is 185 Å². The van der Waals surface area contributed by atoms with Gasteiger partial charge in [-0.1, -0.05) is 68.3 Å². The van der Waals surface area contributed by atoms with Crippen LogP contribution in [0.1, 0.15) is 12.8 Å². The number of carbonyl (C=O) groups is 3. The Morgan fingerprint density at radius 1 is 0.966 bits per heavy atom. The van der Waals surface area contributed by atoms with Gasteiger partial charge in [-0.2, -0.15) is 0 Å². The van der Waals surface area contributed by atoms with E-state index < -0.39 is 0 Å². The minimum absolute atomic E-state index is 0.102. The number of hydrogen-bond donors (Lipinski definition) is 1. The molecule has 0 aromatic heterocycles. The summed E-state index contributed by atoms with van der Waals surface area (Å²) in [6.07, 6.45) is 1.01. The zero-order valence-corrected chi connectivity index (χ0v) is 18.7. The van der Waals surface area contributed by atoms with Gasteiger partial charge in [0.25, 0.3) is 0 Å². The highest BCUT2D eigenvalue weighted by atomic mass is 79.9. The van der Waals surface area contributed by atoms with Crippen LogP contribution in [-0.4, -0.2) is 38.8 Å². The van der Waals surface area contributed by atoms with Crippen molar-refractivity contribution >= 4 is 66.0 Å². The second kappa shape index (κ2) is 7.20. The summed E-state index contributed by atoms with van der Waals surface area (Å²) in [5.74, 6) is -0.471. The number of carbonyl (C=O) groups excluding carboxylic acids is 3. The van der Waals surface area contributed by atoms with Crippen molar-refractivity contribution in [2.45, 2.75) is 22.5 Å². The zero-order chi connectivity index (χ0) is 20.3. The first kappa shape index (κ1) is 19.2. The Hall–Kier alpha value is -1.73. The van der Waals surface area contributed by atoms with Crippen LogP contribution in [0.3, 0.4) is 0 Å². The number of halogens is 2. The van der Waals surface area contributed by atoms with Crippen LogP contribution < -0.4 is 5.32 Å². The molecule has 1 aliphatic heterocycles. The molecule has 0 spiro atoms. The second-order valence-electron chi connectivity index (χ2n) is 8.16. The summed E-state index contributed by atoms with van der Waals surface area (Å²) in [5.41, 5.74) is 0.742. The number of amides is 3. The fourth-order valence-electron chi connectivity index (χ4n) is 5.39. The van der Waals surface area contributed by atoms with Crippen molar-refractivity contribution in [2.75, 3.05) is 11.9 Å². The lowest BCUT2D eigenvalue weighted by molar-refractivity contribution is -0.140. The number of hydrogen-bond acceptors (Lipinski definition) is 3. The molecule has 150 valence electrons. The number of benzene rings is 2. The van der Waals surface area contributed by atoms with Gasteiger partial charge in [-0.15, -0.1) is 0 Å². The van der Waals surface area contributed by atoms with Gasteiger partial charge in [0.15, 0.2) is 0 Å². The van der Waals surface area contributed by atoms with E-state index in [-0.39, 0.29) is 64.0 Å². The maximum Gasteiger partial charge on any atom is 0.233 e. The molecular formula is C22H20Br2N2O3. The predicted octanol–water partition coefficient (Wildman–Crippen LogP) is 3.95. The summed E-state index contributed by atoms with van der Waals surface area (Å²) in [4.78, 5) is 40.2. The lowest BCUT2D eigenvalue weighted by Crippen LogP contribution is -2.37. The van der Waals surface area contributed by atoms with Gasteiger partial charge in [0.1, 0.15) is 0 Å². The first-order valence-electron chi connectivity index (χ1n) is 9.88. The maximum absolute atomic E-state index is 12.9. The number of alkyl halides is 2. The molecule has 0 unspecified atom stereocenters. The van der Waals surface area contributed by atoms with E-state index in [1.165, 1.54) is 4.90 Å². The topological polar surface area (TPSA) is 66.5 Å². The molecule has 5 rings (SSSR count). The normalized spacial score (nSPS) is 32.8. The highest BCUT2D eigenvalue weighted by molar-refractivity contribution is 9.12. The predicted molar refractivity (Wildman–Crippen MR) is 118 cm³/mol. The Morgan fingerprint density at radius 2 is 1.59 bits per heavy atom. The minimum atomic E-state index is -0.230. The Balaban J connectivity index is 1.27. The molecule has 3 amide bonds. The molecule has 29 heavy (non-hydrogen) atoms. The molecule has 6 atom stereocenters. The van der Waals surface area contributed by atoms with Crippen LogP contribution in [-0.2, 0) is 14.4 Å². The van der Waals surface area contributed by atoms with Gasteiger partial charge >= 0.3 is 0 Å². The molecule has 3 fully saturated rings. The van der Waals surface area contributed by atoms with Crippen LogP contribution in [0.15, 0.2) is 42.5 Å². The third-order valence-electron chi connectivity index (χ3n) is 6.70. The summed E-state index contributed by atoms with van der Waals surface area (Å²) >= 11 is 7.38. The molecule has 3 aliphatic rings. The van der Waals surface area contributed by atoms with Crippen molar-refractivity contribution in [3.8, 4) is 0 Å². The van der Waals surface area contributed by atoms with Gasteiger partial charge in [-0.3, -0.25) is 19.3 Å². The van der Waals surface area contributed by atoms with E-state index in [4.69, 9.17) is 0 Å². The number of nitrogens with zero attached hydrogens (tertiary/aromatic N) is 1. The van der Waals surface area contributed by atoms with Crippen LogP contribution in [0.2, 0.25) is 0 Å². The second-order valence-corrected chi connectivity index (χ2v) is 10.3. The summed E-state index contributed by atoms with van der Waals surface area (Å²) in [5, 5.41) is 4.95. The van der Waals surface area contributed by atoms with Crippen molar-refractivity contribution in [2.24, 2.45) is 23.7 Å². The van der Waals surface area contributed by atoms with E-state index in [0.717, 1.165) is 22.9 Å². The fourth-order valence-corrected chi connectivity index (χ4v) is 7.26. The molecule has 2 aromatic rings. The van der Waals surface area contributed by atoms with E-state index in [2.05, 4.69) is 37.2 Å². The number of nitrogens with one attached hydrogen (secondary N) is 1. The van der Waals surface area contributed by atoms with Gasteiger partial charge in [-0.25, -0.2) is 0 Å². The van der Waals surface area contributed by atoms with E-state index in [9.17, 15) is 14.4 Å². The standard InChI is InChI=1S/C22H20Br2N2O3/c23-19-13-10-14(20(19)24)18-17(13)21(28)26(22(18)29)9-8-16(27)25-15-7-3-5-11-4-1-2-6-12(11)15/h1-7,13-14,17-20H,8-10H2,(H,25,27)/t13-,14-,17-,18+,19-,20+/m1/s1. The molecule has 5 nitrogen and oxygen atoms in total. The minimum Gasteiger partial charge on any atom is -0.325 e. The summed E-state index contributed by atoms with van der Waals surface area (Å²) < 4.78 is 0. The van der Waals surface area contributed by atoms with Crippen molar-refractivity contribution in [1.82, 2.24) is 4.90 Å². The first-order chi connectivity index (χ1) is 14.0. The van der Waals surface area contributed by atoms with Gasteiger partial charge in [0.05, 0.1) is 11.8 Å². The molecule has 1 N–H and O–H groups in total. The van der Waals surface area contributed by atoms with Crippen LogP contribution in [0, 0.1) is 23.7 Å². The summed E-state index contributed by atoms with van der Waals surface area (Å²) in [6.45, 7) is 0.139. The van der Waals surface area contributed by atoms with Gasteiger partial charge < -0.3 is 5.32 Å². The van der Waals surface area contributed by atoms with E-state index >= 15 is 0 Å². The van der Waals surface area contributed by atoms with Crippen molar-refractivity contribution in [1.29, 1.82) is 0 Å². The number of imide groups is 1. The average Bonchev–Trinajstić information content (AvgIpc) is 3.32. The molecule has 1 heterocycles. The number of likely N-dealkylation sites (tertiary alicyclic amines) is 1. The van der Waals surface area contributed by atoms with Gasteiger partial charge in [0, 0.05) is 33.7 Å². The molecule has 2 saturated carbocycles. The third-order valence-corrected chi connectivity index (χ3v) is 9.91. The quantitative estimate of drug-likeness (QED) is 0.491. The zero-order valence-electron chi connectivity index (χ0n) is 15.6. The lowest BCUT2D eigenvalue weighted by atomic mass is 9.81. The molecule has 7 heteroatoms. The fraction of sp³-hybridized carbons (Fsp3) is 0.409. The molecular weight excluding hydrogens is 500 g/mol. The molecule has 2 bridgehead atoms. The van der Waals surface area contributed by atoms with E-state index in [1.807, 2.05) is 42.5 Å². The average molecular weight is 520 g/mol. The molecule has 2 aromatic carbocycles. The Kier molecular flexibility index (Phi) is 4.78. The van der Waals surface area contributed by atoms with Gasteiger partial charge in [-0.05, 0) is 29.7 Å². The summed E-state index contributed by atoms with van der Waals surface area (Å²) in [6, 6.07) is 13.6. The Bertz CT molecular complexity index is 989. The third kappa shape index (κ3) is 2.96. The van der Waals surface area contributed by atoms with Crippen LogP contribution in [0.5, 0.6) is 0 Å². The van der Waals surface area contributed by atoms with E-state index in [0.29, 0.717) is 0 Å². The van der Waals surface area contributed by atoms with Crippen LogP contribution in [0.25, 0.3) is 10.8 Å². The Morgan fingerprint density at radius 3 is 2.28 bits per heavy atom. The highest BCUT2D eigenvalue weighted by Crippen LogP contribution is 2.60. The largest absolute Gasteiger partial charge is 0.325 e. The SMILES string of the molecule is O=C(CCN1C(=O)[C@@H]2[C@H]3C[C@@H]([C@H](Br)[C@@H]3Br)[C@@H]2C1=O)Nc1cccc2ccccc12. The number of anilines is 1. The lowest BCUT2D eigenvalue weighted by Gasteiger charge is -2.28. The smallest absolute Gasteiger partial charge is 0.233 e. The molecule has 0 radical (unpaired) electrons. The number of fused-ring (bicyclic) bond motifs is 6. The van der Waals surface area contributed by atoms with Crippen molar-refractivity contribution < 1.29 is 14.4 Å². The van der Waals surface area contributed by atoms with E-state index in [1.54, 1.807) is 0 Å². The van der Waals surface area contributed by atoms with Crippen LogP contribution >= 0.6 is 31.9 Å². The van der Waals surface area contributed by atoms with Crippen LogP contribution in [0.4, 0.5) is 5.69 Å². The van der Waals surface area contributed by atoms with Crippen molar-refractivity contribution in [3.05, 3.63) is 42.5 Å². The first-order valence-corrected chi connectivity index (χ1v) is 11.7. The highest BCUT2D eigenvalue weighted by Gasteiger charge is 2.66. The number of rotatable bonds is 4. The van der Waals surface area contributed by atoms with Gasteiger partial charge in [0.2, 0.25) is 17.7 Å². The molecule has 1 saturated heterocycles. The molecule has 2 aliphatic carbocycles. The summed E-state index contributed by atoms with van der Waals surface area (Å²) in [7, 11) is 0. The van der Waals surface area contributed by atoms with Crippen molar-refractivity contribution in [3.63, 3.8) is 0 Å². The maximum atomic E-state index is 12.9. The monoisotopic (exact) mass is 518 g/mol.